The molecule has 0 aromatic carbocycles. The molecule has 0 spiro atoms. The Bertz CT molecular complexity index is 152. The molecule has 0 N–H and O–H groups in total. The van der Waals surface area contributed by atoms with E-state index in [0.29, 0.717) is 12.3 Å². The van der Waals surface area contributed by atoms with Crippen molar-refractivity contribution in [3.63, 3.8) is 0 Å². The Hall–Kier alpha value is -0.370. The van der Waals surface area contributed by atoms with Crippen molar-refractivity contribution in [3.05, 3.63) is 0 Å². The van der Waals surface area contributed by atoms with Crippen molar-refractivity contribution >= 4 is 5.78 Å². The van der Waals surface area contributed by atoms with Crippen LogP contribution in [0.3, 0.4) is 0 Å². The topological polar surface area (TPSA) is 20.3 Å². The van der Waals surface area contributed by atoms with Crippen LogP contribution in [0.5, 0.6) is 0 Å². The van der Waals surface area contributed by atoms with Crippen molar-refractivity contribution in [1.82, 2.24) is 4.90 Å². The number of nitrogens with zero attached hydrogens (tertiary/aromatic N) is 1. The molecule has 0 unspecified atom stereocenters. The zero-order chi connectivity index (χ0) is 8.97. The smallest absolute Gasteiger partial charge is 0.146 e. The molecule has 1 saturated carbocycles. The highest BCUT2D eigenvalue weighted by Gasteiger charge is 2.23. The van der Waals surface area contributed by atoms with Crippen LogP contribution in [0.25, 0.3) is 0 Å². The first-order valence-electron chi connectivity index (χ1n) is 4.92. The van der Waals surface area contributed by atoms with Crippen molar-refractivity contribution in [2.45, 2.75) is 32.6 Å². The van der Waals surface area contributed by atoms with Gasteiger partial charge in [0, 0.05) is 13.0 Å². The van der Waals surface area contributed by atoms with Crippen LogP contribution in [0.15, 0.2) is 0 Å². The summed E-state index contributed by atoms with van der Waals surface area (Å²) in [6.07, 6.45) is 4.46. The third-order valence-electron chi connectivity index (χ3n) is 2.24. The van der Waals surface area contributed by atoms with Crippen LogP contribution >= 0.6 is 0 Å². The van der Waals surface area contributed by atoms with Gasteiger partial charge in [-0.1, -0.05) is 6.92 Å². The molecular weight excluding hydrogens is 150 g/mol. The molecular formula is C10H19NO. The normalized spacial score (nSPS) is 16.9. The number of hydrogen-bond donors (Lipinski definition) is 0. The van der Waals surface area contributed by atoms with Crippen LogP contribution in [-0.2, 0) is 4.79 Å². The lowest BCUT2D eigenvalue weighted by atomic mass is 10.2. The second-order valence-electron chi connectivity index (χ2n) is 3.93. The Morgan fingerprint density at radius 3 is 2.67 bits per heavy atom. The van der Waals surface area contributed by atoms with E-state index in [1.165, 1.54) is 12.8 Å². The molecule has 1 aliphatic rings. The average molecular weight is 169 g/mol. The first kappa shape index (κ1) is 9.72. The number of Topliss-reactive ketones (excluding diaryl/α,β-unsaturated/α-hetero) is 1. The Morgan fingerprint density at radius 1 is 1.50 bits per heavy atom. The van der Waals surface area contributed by atoms with Gasteiger partial charge in [-0.05, 0) is 32.2 Å². The lowest BCUT2D eigenvalue weighted by Crippen LogP contribution is -2.27. The van der Waals surface area contributed by atoms with Crippen LogP contribution in [-0.4, -0.2) is 30.8 Å². The van der Waals surface area contributed by atoms with Gasteiger partial charge in [-0.25, -0.2) is 0 Å². The molecule has 0 atom stereocenters. The van der Waals surface area contributed by atoms with Gasteiger partial charge in [0.05, 0.1) is 6.54 Å². The van der Waals surface area contributed by atoms with E-state index in [1.54, 1.807) is 0 Å². The minimum absolute atomic E-state index is 0.389. The van der Waals surface area contributed by atoms with Crippen molar-refractivity contribution in [2.24, 2.45) is 5.92 Å². The summed E-state index contributed by atoms with van der Waals surface area (Å²) in [7, 11) is 2.05. The predicted octanol–water partition coefficient (Wildman–Crippen LogP) is 1.70. The number of likely N-dealkylation sites (N-methyl/N-ethyl adjacent to an activating group) is 1. The molecule has 0 amide bonds. The molecule has 1 aliphatic carbocycles. The Kier molecular flexibility index (Phi) is 3.73. The van der Waals surface area contributed by atoms with Crippen LogP contribution in [0.4, 0.5) is 0 Å². The van der Waals surface area contributed by atoms with Crippen LogP contribution in [0.1, 0.15) is 32.6 Å². The van der Waals surface area contributed by atoms with Gasteiger partial charge >= 0.3 is 0 Å². The van der Waals surface area contributed by atoms with E-state index < -0.39 is 0 Å². The van der Waals surface area contributed by atoms with Gasteiger partial charge in [-0.15, -0.1) is 0 Å². The van der Waals surface area contributed by atoms with E-state index in [0.717, 1.165) is 25.3 Å². The van der Waals surface area contributed by atoms with Gasteiger partial charge in [0.2, 0.25) is 0 Å². The molecule has 2 heteroatoms. The van der Waals surface area contributed by atoms with E-state index in [4.69, 9.17) is 0 Å². The lowest BCUT2D eigenvalue weighted by Gasteiger charge is -2.14. The fraction of sp³-hybridized carbons (Fsp3) is 0.900. The molecule has 0 aliphatic heterocycles. The van der Waals surface area contributed by atoms with Crippen LogP contribution < -0.4 is 0 Å². The van der Waals surface area contributed by atoms with Crippen LogP contribution in [0.2, 0.25) is 0 Å². The largest absolute Gasteiger partial charge is 0.299 e. The summed E-state index contributed by atoms with van der Waals surface area (Å²) < 4.78 is 0. The fourth-order valence-corrected chi connectivity index (χ4v) is 1.46. The molecule has 0 aromatic rings. The minimum atomic E-state index is 0.389. The summed E-state index contributed by atoms with van der Waals surface area (Å²) in [5.74, 6) is 1.28. The molecule has 0 radical (unpaired) electrons. The maximum Gasteiger partial charge on any atom is 0.146 e. The second kappa shape index (κ2) is 4.61. The monoisotopic (exact) mass is 169 g/mol. The number of carbonyl (C=O) groups is 1. The van der Waals surface area contributed by atoms with E-state index in [9.17, 15) is 4.79 Å². The minimum Gasteiger partial charge on any atom is -0.299 e. The number of ketones is 1. The van der Waals surface area contributed by atoms with Gasteiger partial charge in [-0.2, -0.15) is 0 Å². The quantitative estimate of drug-likeness (QED) is 0.603. The number of carbonyl (C=O) groups excluding carboxylic acids is 1. The average Bonchev–Trinajstić information content (AvgIpc) is 2.71. The molecule has 1 rings (SSSR count). The van der Waals surface area contributed by atoms with Crippen LogP contribution in [0, 0.1) is 5.92 Å². The first-order chi connectivity index (χ1) is 5.72. The summed E-state index contributed by atoms with van der Waals surface area (Å²) in [4.78, 5) is 13.4. The Morgan fingerprint density at radius 2 is 2.17 bits per heavy atom. The first-order valence-corrected chi connectivity index (χ1v) is 4.92. The zero-order valence-corrected chi connectivity index (χ0v) is 8.18. The highest BCUT2D eigenvalue weighted by Crippen LogP contribution is 2.29. The van der Waals surface area contributed by atoms with Crippen molar-refractivity contribution in [2.75, 3.05) is 20.1 Å². The van der Waals surface area contributed by atoms with Gasteiger partial charge in [0.15, 0.2) is 0 Å². The van der Waals surface area contributed by atoms with E-state index >= 15 is 0 Å². The third-order valence-corrected chi connectivity index (χ3v) is 2.24. The second-order valence-corrected chi connectivity index (χ2v) is 3.93. The molecule has 0 heterocycles. The van der Waals surface area contributed by atoms with Gasteiger partial charge < -0.3 is 0 Å². The third kappa shape index (κ3) is 3.86. The predicted molar refractivity (Wildman–Crippen MR) is 50.1 cm³/mol. The lowest BCUT2D eigenvalue weighted by molar-refractivity contribution is -0.120. The maximum absolute atomic E-state index is 11.2. The highest BCUT2D eigenvalue weighted by atomic mass is 16.1. The standard InChI is InChI=1S/C10H19NO/c1-3-4-10(12)8-11(2)7-9-5-6-9/h9H,3-8H2,1-2H3. The van der Waals surface area contributed by atoms with E-state index in [2.05, 4.69) is 11.8 Å². The Labute approximate surface area is 74.9 Å². The summed E-state index contributed by atoms with van der Waals surface area (Å²) in [6.45, 7) is 3.83. The summed E-state index contributed by atoms with van der Waals surface area (Å²) in [5, 5.41) is 0. The Balaban J connectivity index is 2.06. The maximum atomic E-state index is 11.2. The van der Waals surface area contributed by atoms with Crippen molar-refractivity contribution in [1.29, 1.82) is 0 Å². The summed E-state index contributed by atoms with van der Waals surface area (Å²) in [5.41, 5.74) is 0. The zero-order valence-electron chi connectivity index (χ0n) is 8.18. The number of hydrogen-bond acceptors (Lipinski definition) is 2. The van der Waals surface area contributed by atoms with Gasteiger partial charge in [0.25, 0.3) is 0 Å². The molecule has 2 nitrogen and oxygen atoms in total. The molecule has 70 valence electrons. The SMILES string of the molecule is CCCC(=O)CN(C)CC1CC1. The fourth-order valence-electron chi connectivity index (χ4n) is 1.46. The molecule has 0 aromatic heterocycles. The molecule has 0 saturated heterocycles. The molecule has 12 heavy (non-hydrogen) atoms. The van der Waals surface area contributed by atoms with Crippen molar-refractivity contribution < 1.29 is 4.79 Å². The van der Waals surface area contributed by atoms with E-state index in [1.807, 2.05) is 7.05 Å². The summed E-state index contributed by atoms with van der Waals surface area (Å²) >= 11 is 0. The number of rotatable bonds is 6. The molecule has 0 bridgehead atoms. The van der Waals surface area contributed by atoms with Gasteiger partial charge in [-0.3, -0.25) is 9.69 Å². The van der Waals surface area contributed by atoms with E-state index in [-0.39, 0.29) is 0 Å². The van der Waals surface area contributed by atoms with Crippen molar-refractivity contribution in [3.8, 4) is 0 Å². The highest BCUT2D eigenvalue weighted by molar-refractivity contribution is 5.80. The van der Waals surface area contributed by atoms with Gasteiger partial charge in [0.1, 0.15) is 5.78 Å². The summed E-state index contributed by atoms with van der Waals surface area (Å²) in [6, 6.07) is 0. The molecule has 1 fully saturated rings.